The summed E-state index contributed by atoms with van der Waals surface area (Å²) in [4.78, 5) is 34.7. The Morgan fingerprint density at radius 3 is 2.05 bits per heavy atom. The first-order valence-corrected chi connectivity index (χ1v) is 6.93. The monoisotopic (exact) mass is 351 g/mol. The van der Waals surface area contributed by atoms with Crippen LogP contribution in [0.2, 0.25) is 10.0 Å². The number of Topliss-reactive ketones (excluding diaryl/α,β-unsaturated/α-hetero) is 1. The SMILES string of the molecule is CC(C)(NC(=O)c1cc(Cl)cc(Cl)c1)C(=O)C(Cl)C(=O)O. The first-order valence-electron chi connectivity index (χ1n) is 5.74. The second-order valence-electron chi connectivity index (χ2n) is 4.80. The van der Waals surface area contributed by atoms with E-state index in [1.54, 1.807) is 0 Å². The van der Waals surface area contributed by atoms with Gasteiger partial charge in [-0.25, -0.2) is 0 Å². The minimum absolute atomic E-state index is 0.148. The molecule has 0 aliphatic rings. The maximum Gasteiger partial charge on any atom is 0.329 e. The molecule has 114 valence electrons. The Labute approximate surface area is 136 Å². The number of nitrogens with one attached hydrogen (secondary N) is 1. The molecule has 1 unspecified atom stereocenters. The number of carboxylic acid groups (broad SMARTS) is 1. The van der Waals surface area contributed by atoms with Crippen LogP contribution in [-0.2, 0) is 9.59 Å². The van der Waals surface area contributed by atoms with Crippen molar-refractivity contribution in [3.63, 3.8) is 0 Å². The van der Waals surface area contributed by atoms with Gasteiger partial charge in [-0.1, -0.05) is 23.2 Å². The smallest absolute Gasteiger partial charge is 0.329 e. The Morgan fingerprint density at radius 2 is 1.62 bits per heavy atom. The highest BCUT2D eigenvalue weighted by atomic mass is 35.5. The predicted octanol–water partition coefficient (Wildman–Crippen LogP) is 2.76. The third-order valence-corrected chi connectivity index (χ3v) is 3.44. The molecule has 0 aliphatic heterocycles. The summed E-state index contributed by atoms with van der Waals surface area (Å²) in [7, 11) is 0. The van der Waals surface area contributed by atoms with Crippen molar-refractivity contribution in [3.05, 3.63) is 33.8 Å². The second-order valence-corrected chi connectivity index (χ2v) is 6.11. The molecule has 1 amide bonds. The van der Waals surface area contributed by atoms with Crippen LogP contribution in [0.4, 0.5) is 0 Å². The minimum Gasteiger partial charge on any atom is -0.480 e. The van der Waals surface area contributed by atoms with Gasteiger partial charge in [-0.3, -0.25) is 14.4 Å². The Bertz CT molecular complexity index is 581. The summed E-state index contributed by atoms with van der Waals surface area (Å²) < 4.78 is 0. The summed E-state index contributed by atoms with van der Waals surface area (Å²) in [6.07, 6.45) is 0. The van der Waals surface area contributed by atoms with Gasteiger partial charge in [0.25, 0.3) is 5.91 Å². The van der Waals surface area contributed by atoms with Gasteiger partial charge in [0.15, 0.2) is 11.2 Å². The van der Waals surface area contributed by atoms with Crippen LogP contribution >= 0.6 is 34.8 Å². The number of hydrogen-bond donors (Lipinski definition) is 2. The summed E-state index contributed by atoms with van der Waals surface area (Å²) >= 11 is 17.1. The Hall–Kier alpha value is -1.30. The molecule has 0 saturated carbocycles. The van der Waals surface area contributed by atoms with E-state index in [2.05, 4.69) is 5.32 Å². The van der Waals surface area contributed by atoms with E-state index in [4.69, 9.17) is 39.9 Å². The van der Waals surface area contributed by atoms with E-state index >= 15 is 0 Å². The molecule has 1 rings (SSSR count). The van der Waals surface area contributed by atoms with Crippen molar-refractivity contribution in [3.8, 4) is 0 Å². The summed E-state index contributed by atoms with van der Waals surface area (Å²) in [5.74, 6) is -2.93. The number of halogens is 3. The van der Waals surface area contributed by atoms with E-state index < -0.39 is 28.6 Å². The number of alkyl halides is 1. The van der Waals surface area contributed by atoms with Gasteiger partial charge in [0.05, 0.1) is 5.54 Å². The molecule has 0 aliphatic carbocycles. The molecule has 0 aromatic heterocycles. The third kappa shape index (κ3) is 4.59. The minimum atomic E-state index is -1.75. The van der Waals surface area contributed by atoms with Crippen molar-refractivity contribution < 1.29 is 19.5 Å². The molecule has 8 heteroatoms. The second kappa shape index (κ2) is 6.64. The highest BCUT2D eigenvalue weighted by Gasteiger charge is 2.37. The molecule has 1 aromatic carbocycles. The molecule has 1 aromatic rings. The zero-order valence-corrected chi connectivity index (χ0v) is 13.4. The highest BCUT2D eigenvalue weighted by molar-refractivity contribution is 6.42. The predicted molar refractivity (Wildman–Crippen MR) is 80.3 cm³/mol. The van der Waals surface area contributed by atoms with Crippen molar-refractivity contribution in [1.29, 1.82) is 0 Å². The van der Waals surface area contributed by atoms with Gasteiger partial charge in [-0.15, -0.1) is 11.6 Å². The number of benzene rings is 1. The van der Waals surface area contributed by atoms with Gasteiger partial charge >= 0.3 is 5.97 Å². The molecule has 0 heterocycles. The Morgan fingerprint density at radius 1 is 1.14 bits per heavy atom. The zero-order valence-electron chi connectivity index (χ0n) is 11.1. The first-order chi connectivity index (χ1) is 9.54. The molecule has 0 spiro atoms. The lowest BCUT2D eigenvalue weighted by Crippen LogP contribution is -2.53. The number of carboxylic acids is 1. The zero-order chi connectivity index (χ0) is 16.4. The van der Waals surface area contributed by atoms with Crippen molar-refractivity contribution in [2.75, 3.05) is 0 Å². The van der Waals surface area contributed by atoms with E-state index in [0.717, 1.165) is 0 Å². The number of carbonyl (C=O) groups excluding carboxylic acids is 2. The van der Waals surface area contributed by atoms with E-state index in [1.807, 2.05) is 0 Å². The third-order valence-electron chi connectivity index (χ3n) is 2.61. The molecule has 0 bridgehead atoms. The molecule has 0 saturated heterocycles. The number of aliphatic carboxylic acids is 1. The first kappa shape index (κ1) is 17.8. The maximum absolute atomic E-state index is 12.1. The molecular weight excluding hydrogens is 341 g/mol. The highest BCUT2D eigenvalue weighted by Crippen LogP contribution is 2.20. The fourth-order valence-corrected chi connectivity index (χ4v) is 2.33. The van der Waals surface area contributed by atoms with Gasteiger partial charge in [0, 0.05) is 15.6 Å². The summed E-state index contributed by atoms with van der Waals surface area (Å²) in [5.41, 5.74) is -1.31. The molecule has 21 heavy (non-hydrogen) atoms. The Balaban J connectivity index is 2.95. The van der Waals surface area contributed by atoms with Gasteiger partial charge in [0.2, 0.25) is 0 Å². The van der Waals surface area contributed by atoms with Crippen LogP contribution in [0.15, 0.2) is 18.2 Å². The van der Waals surface area contributed by atoms with Crippen LogP contribution in [0.5, 0.6) is 0 Å². The maximum atomic E-state index is 12.1. The average Bonchev–Trinajstić information content (AvgIpc) is 2.35. The number of carbonyl (C=O) groups is 3. The largest absolute Gasteiger partial charge is 0.480 e. The molecule has 0 radical (unpaired) electrons. The quantitative estimate of drug-likeness (QED) is 0.630. The van der Waals surface area contributed by atoms with E-state index in [9.17, 15) is 14.4 Å². The standard InChI is InChI=1S/C13H12Cl3NO4/c1-13(2,10(18)9(16)12(20)21)17-11(19)6-3-7(14)5-8(15)4-6/h3-5,9H,1-2H3,(H,17,19)(H,20,21). The fraction of sp³-hybridized carbons (Fsp3) is 0.308. The van der Waals surface area contributed by atoms with Crippen molar-refractivity contribution in [2.45, 2.75) is 24.8 Å². The van der Waals surface area contributed by atoms with Crippen LogP contribution in [0.3, 0.4) is 0 Å². The van der Waals surface area contributed by atoms with Gasteiger partial charge < -0.3 is 10.4 Å². The van der Waals surface area contributed by atoms with E-state index in [0.29, 0.717) is 0 Å². The van der Waals surface area contributed by atoms with Crippen LogP contribution in [0.1, 0.15) is 24.2 Å². The summed E-state index contributed by atoms with van der Waals surface area (Å²) in [6, 6.07) is 4.20. The van der Waals surface area contributed by atoms with Crippen LogP contribution in [-0.4, -0.2) is 33.7 Å². The van der Waals surface area contributed by atoms with Crippen molar-refractivity contribution >= 4 is 52.5 Å². The molecule has 1 atom stereocenters. The summed E-state index contributed by atoms with van der Waals surface area (Å²) in [5, 5.41) is 9.92. The molecule has 2 N–H and O–H groups in total. The summed E-state index contributed by atoms with van der Waals surface area (Å²) in [6.45, 7) is 2.72. The fourth-order valence-electron chi connectivity index (χ4n) is 1.53. The normalized spacial score (nSPS) is 12.6. The average molecular weight is 353 g/mol. The molecule has 5 nitrogen and oxygen atoms in total. The van der Waals surface area contributed by atoms with Crippen molar-refractivity contribution in [1.82, 2.24) is 5.32 Å². The number of rotatable bonds is 5. The van der Waals surface area contributed by atoms with E-state index in [1.165, 1.54) is 32.0 Å². The molecular formula is C13H12Cl3NO4. The van der Waals surface area contributed by atoms with Gasteiger partial charge in [-0.2, -0.15) is 0 Å². The van der Waals surface area contributed by atoms with E-state index in [-0.39, 0.29) is 15.6 Å². The Kier molecular flexibility index (Phi) is 5.61. The number of hydrogen-bond acceptors (Lipinski definition) is 3. The molecule has 0 fully saturated rings. The topological polar surface area (TPSA) is 83.5 Å². The number of ketones is 1. The lowest BCUT2D eigenvalue weighted by atomic mass is 9.95. The van der Waals surface area contributed by atoms with Crippen LogP contribution in [0.25, 0.3) is 0 Å². The lowest BCUT2D eigenvalue weighted by Gasteiger charge is -2.25. The van der Waals surface area contributed by atoms with Crippen molar-refractivity contribution in [2.24, 2.45) is 0 Å². The lowest BCUT2D eigenvalue weighted by molar-refractivity contribution is -0.141. The van der Waals surface area contributed by atoms with Gasteiger partial charge in [-0.05, 0) is 32.0 Å². The number of amides is 1. The van der Waals surface area contributed by atoms with Crippen LogP contribution in [0, 0.1) is 0 Å². The van der Waals surface area contributed by atoms with Crippen LogP contribution < -0.4 is 5.32 Å². The van der Waals surface area contributed by atoms with Gasteiger partial charge in [0.1, 0.15) is 0 Å².